The summed E-state index contributed by atoms with van der Waals surface area (Å²) in [5.74, 6) is 0.585. The van der Waals surface area contributed by atoms with Gasteiger partial charge in [0.25, 0.3) is 5.91 Å². The van der Waals surface area contributed by atoms with Gasteiger partial charge in [0.15, 0.2) is 0 Å². The molecule has 1 aromatic heterocycles. The highest BCUT2D eigenvalue weighted by atomic mass is 127. The highest BCUT2D eigenvalue weighted by Gasteiger charge is 2.21. The summed E-state index contributed by atoms with van der Waals surface area (Å²) in [4.78, 5) is 12.6. The second-order valence-electron chi connectivity index (χ2n) is 5.92. The van der Waals surface area contributed by atoms with E-state index in [1.54, 1.807) is 12.3 Å². The van der Waals surface area contributed by atoms with Gasteiger partial charge in [0.2, 0.25) is 10.0 Å². The lowest BCUT2D eigenvalue weighted by Crippen LogP contribution is -2.33. The molecule has 136 valence electrons. The van der Waals surface area contributed by atoms with Gasteiger partial charge < -0.3 is 9.73 Å². The summed E-state index contributed by atoms with van der Waals surface area (Å²) in [6.07, 6.45) is 3.07. The molecule has 1 unspecified atom stereocenters. The van der Waals surface area contributed by atoms with Crippen LogP contribution in [0.4, 0.5) is 0 Å². The van der Waals surface area contributed by atoms with E-state index in [2.05, 4.69) is 5.32 Å². The number of halogens is 1. The Hall–Kier alpha value is -1.39. The van der Waals surface area contributed by atoms with Crippen LogP contribution < -0.4 is 5.32 Å². The van der Waals surface area contributed by atoms with Gasteiger partial charge in [-0.1, -0.05) is 0 Å². The molecule has 0 saturated heterocycles. The van der Waals surface area contributed by atoms with E-state index in [1.807, 2.05) is 41.6 Å². The van der Waals surface area contributed by atoms with Crippen molar-refractivity contribution in [3.05, 3.63) is 51.5 Å². The van der Waals surface area contributed by atoms with E-state index in [0.29, 0.717) is 9.13 Å². The summed E-state index contributed by atoms with van der Waals surface area (Å²) < 4.78 is 31.6. The molecule has 0 fully saturated rings. The number of amides is 1. The number of carbonyl (C=O) groups is 1. The monoisotopic (exact) mass is 476 g/mol. The molecule has 0 aliphatic heterocycles. The molecule has 1 aromatic carbocycles. The number of hydrogen-bond acceptors (Lipinski definition) is 4. The normalized spacial score (nSPS) is 13.0. The summed E-state index contributed by atoms with van der Waals surface area (Å²) in [6.45, 7) is 1.91. The summed E-state index contributed by atoms with van der Waals surface area (Å²) >= 11 is 2.03. The van der Waals surface area contributed by atoms with E-state index in [1.165, 1.54) is 26.2 Å². The molecule has 0 aliphatic rings. The van der Waals surface area contributed by atoms with Gasteiger partial charge in [0.05, 0.1) is 16.7 Å². The number of furan rings is 1. The fourth-order valence-corrected chi connectivity index (χ4v) is 3.75. The Kier molecular flexibility index (Phi) is 6.64. The van der Waals surface area contributed by atoms with Crippen LogP contribution in [0.25, 0.3) is 0 Å². The van der Waals surface area contributed by atoms with Gasteiger partial charge in [-0.25, -0.2) is 12.7 Å². The second-order valence-corrected chi connectivity index (χ2v) is 9.24. The Morgan fingerprint density at radius 3 is 2.64 bits per heavy atom. The number of nitrogens with one attached hydrogen (secondary N) is 1. The first kappa shape index (κ1) is 19.9. The Bertz CT molecular complexity index is 832. The van der Waals surface area contributed by atoms with Gasteiger partial charge in [-0.2, -0.15) is 0 Å². The number of carbonyl (C=O) groups excluding carboxylic acids is 1. The molecule has 1 amide bonds. The third kappa shape index (κ3) is 5.05. The van der Waals surface area contributed by atoms with E-state index < -0.39 is 10.0 Å². The highest BCUT2D eigenvalue weighted by Crippen LogP contribution is 2.20. The van der Waals surface area contributed by atoms with Crippen LogP contribution in [-0.4, -0.2) is 38.8 Å². The average molecular weight is 476 g/mol. The van der Waals surface area contributed by atoms with Gasteiger partial charge in [0, 0.05) is 30.1 Å². The zero-order valence-corrected chi connectivity index (χ0v) is 17.3. The van der Waals surface area contributed by atoms with Crippen LogP contribution in [-0.2, 0) is 16.4 Å². The maximum absolute atomic E-state index is 12.5. The Balaban J connectivity index is 2.10. The molecule has 1 heterocycles. The van der Waals surface area contributed by atoms with E-state index in [-0.39, 0.29) is 16.8 Å². The second kappa shape index (κ2) is 8.33. The number of aryl methyl sites for hydroxylation is 1. The summed E-state index contributed by atoms with van der Waals surface area (Å²) in [6, 6.07) is 8.23. The van der Waals surface area contributed by atoms with Crippen molar-refractivity contribution in [3.8, 4) is 0 Å². The molecule has 0 aliphatic carbocycles. The quantitative estimate of drug-likeness (QED) is 0.624. The van der Waals surface area contributed by atoms with Crippen molar-refractivity contribution in [2.75, 3.05) is 14.1 Å². The first-order valence-corrected chi connectivity index (χ1v) is 10.3. The van der Waals surface area contributed by atoms with Crippen molar-refractivity contribution >= 4 is 38.5 Å². The fourth-order valence-electron chi connectivity index (χ4n) is 2.24. The van der Waals surface area contributed by atoms with Crippen LogP contribution >= 0.6 is 22.6 Å². The average Bonchev–Trinajstić information content (AvgIpc) is 3.06. The lowest BCUT2D eigenvalue weighted by Gasteiger charge is -2.16. The van der Waals surface area contributed by atoms with Crippen molar-refractivity contribution in [2.24, 2.45) is 0 Å². The molecule has 2 rings (SSSR count). The van der Waals surface area contributed by atoms with Gasteiger partial charge in [-0.15, -0.1) is 0 Å². The molecule has 25 heavy (non-hydrogen) atoms. The number of benzene rings is 1. The predicted molar refractivity (Wildman–Crippen MR) is 104 cm³/mol. The molecule has 0 radical (unpaired) electrons. The van der Waals surface area contributed by atoms with Crippen LogP contribution in [0.15, 0.2) is 45.9 Å². The molecular weight excluding hydrogens is 455 g/mol. The third-order valence-corrected chi connectivity index (χ3v) is 6.49. The molecule has 2 aromatic rings. The van der Waals surface area contributed by atoms with Gasteiger partial charge in [0.1, 0.15) is 5.76 Å². The minimum absolute atomic E-state index is 0.0671. The maximum Gasteiger partial charge on any atom is 0.252 e. The zero-order chi connectivity index (χ0) is 18.6. The van der Waals surface area contributed by atoms with Crippen molar-refractivity contribution < 1.29 is 17.6 Å². The van der Waals surface area contributed by atoms with E-state index in [0.717, 1.165) is 22.9 Å². The molecule has 0 bridgehead atoms. The van der Waals surface area contributed by atoms with Crippen LogP contribution in [0.2, 0.25) is 0 Å². The van der Waals surface area contributed by atoms with Crippen molar-refractivity contribution in [1.82, 2.24) is 9.62 Å². The molecule has 8 heteroatoms. The molecule has 0 saturated carbocycles. The number of rotatable bonds is 7. The van der Waals surface area contributed by atoms with E-state index in [4.69, 9.17) is 4.42 Å². The standard InChI is InChI=1S/C17H21IN2O4S/c1-12(6-7-13-5-4-10-24-13)19-17(21)15-11-14(8-9-16(15)18)25(22,23)20(2)3/h4-5,8-12H,6-7H2,1-3H3,(H,19,21). The predicted octanol–water partition coefficient (Wildman–Crippen LogP) is 2.89. The first-order valence-electron chi connectivity index (χ1n) is 7.77. The maximum atomic E-state index is 12.5. The SMILES string of the molecule is CC(CCc1ccco1)NC(=O)c1cc(S(=O)(=O)N(C)C)ccc1I. The third-order valence-electron chi connectivity index (χ3n) is 3.74. The highest BCUT2D eigenvalue weighted by molar-refractivity contribution is 14.1. The first-order chi connectivity index (χ1) is 11.7. The minimum Gasteiger partial charge on any atom is -0.469 e. The van der Waals surface area contributed by atoms with Gasteiger partial charge in [-0.05, 0) is 66.3 Å². The Morgan fingerprint density at radius 1 is 1.32 bits per heavy atom. The summed E-state index contributed by atoms with van der Waals surface area (Å²) in [7, 11) is -0.656. The van der Waals surface area contributed by atoms with Crippen LogP contribution in [0, 0.1) is 3.57 Å². The molecular formula is C17H21IN2O4S. The van der Waals surface area contributed by atoms with Crippen molar-refractivity contribution in [3.63, 3.8) is 0 Å². The Morgan fingerprint density at radius 2 is 2.04 bits per heavy atom. The zero-order valence-electron chi connectivity index (χ0n) is 14.3. The number of nitrogens with zero attached hydrogens (tertiary/aromatic N) is 1. The minimum atomic E-state index is -3.58. The van der Waals surface area contributed by atoms with E-state index in [9.17, 15) is 13.2 Å². The lowest BCUT2D eigenvalue weighted by molar-refractivity contribution is 0.0937. The Labute approximate surface area is 161 Å². The van der Waals surface area contributed by atoms with Crippen LogP contribution in [0.3, 0.4) is 0 Å². The van der Waals surface area contributed by atoms with Crippen LogP contribution in [0.1, 0.15) is 29.5 Å². The number of hydrogen-bond donors (Lipinski definition) is 1. The molecule has 1 N–H and O–H groups in total. The summed E-state index contributed by atoms with van der Waals surface area (Å²) in [5.41, 5.74) is 0.355. The van der Waals surface area contributed by atoms with Crippen molar-refractivity contribution in [1.29, 1.82) is 0 Å². The van der Waals surface area contributed by atoms with Crippen LogP contribution in [0.5, 0.6) is 0 Å². The molecule has 1 atom stereocenters. The molecule has 0 spiro atoms. The smallest absolute Gasteiger partial charge is 0.252 e. The fraction of sp³-hybridized carbons (Fsp3) is 0.353. The van der Waals surface area contributed by atoms with Gasteiger partial charge >= 0.3 is 0 Å². The topological polar surface area (TPSA) is 79.6 Å². The largest absolute Gasteiger partial charge is 0.469 e. The molecule has 6 nitrogen and oxygen atoms in total. The van der Waals surface area contributed by atoms with Gasteiger partial charge in [-0.3, -0.25) is 4.79 Å². The summed E-state index contributed by atoms with van der Waals surface area (Å²) in [5, 5.41) is 2.91. The van der Waals surface area contributed by atoms with Crippen molar-refractivity contribution in [2.45, 2.75) is 30.7 Å². The lowest BCUT2D eigenvalue weighted by atomic mass is 10.1. The van der Waals surface area contributed by atoms with E-state index >= 15 is 0 Å². The number of sulfonamides is 1.